The van der Waals surface area contributed by atoms with Crippen LogP contribution >= 0.6 is 0 Å². The quantitative estimate of drug-likeness (QED) is 0.531. The number of amides is 2. The van der Waals surface area contributed by atoms with Gasteiger partial charge in [-0.25, -0.2) is 0 Å². The molecule has 8 nitrogen and oxygen atoms in total. The second kappa shape index (κ2) is 7.25. The average Bonchev–Trinajstić information content (AvgIpc) is 3.00. The fraction of sp³-hybridized carbons (Fsp3) is 0.200. The van der Waals surface area contributed by atoms with Crippen molar-refractivity contribution in [1.82, 2.24) is 10.3 Å². The Hall–Kier alpha value is -3.37. The van der Waals surface area contributed by atoms with Crippen LogP contribution in [0.2, 0.25) is 0 Å². The fourth-order valence-corrected chi connectivity index (χ4v) is 2.26. The van der Waals surface area contributed by atoms with Gasteiger partial charge in [-0.05, 0) is 12.1 Å². The molecule has 0 radical (unpaired) electrons. The number of nitrogens with one attached hydrogen (secondary N) is 2. The third kappa shape index (κ3) is 4.18. The van der Waals surface area contributed by atoms with E-state index in [2.05, 4.69) is 5.32 Å². The number of carbonyl (C=O) groups is 2. The molecule has 0 unspecified atom stereocenters. The predicted octanol–water partition coefficient (Wildman–Crippen LogP) is 2.21. The van der Waals surface area contributed by atoms with E-state index in [-0.39, 0.29) is 24.2 Å². The number of alkyl halides is 3. The van der Waals surface area contributed by atoms with Crippen LogP contribution in [0.3, 0.4) is 0 Å². The highest BCUT2D eigenvalue weighted by atomic mass is 19.4. The SMILES string of the molecule is NC(=O)CCNC(=O)c1cc(-c2ccccc2[N+](=O)[O-])[nH]c1C(F)(F)F. The van der Waals surface area contributed by atoms with Crippen molar-refractivity contribution >= 4 is 17.5 Å². The number of primary amides is 1. The highest BCUT2D eigenvalue weighted by molar-refractivity contribution is 5.97. The molecule has 2 rings (SSSR count). The van der Waals surface area contributed by atoms with E-state index in [1.165, 1.54) is 18.2 Å². The summed E-state index contributed by atoms with van der Waals surface area (Å²) in [5.41, 5.74) is 2.07. The minimum Gasteiger partial charge on any atom is -0.370 e. The number of nitrogens with zero attached hydrogens (tertiary/aromatic N) is 1. The minimum absolute atomic E-state index is 0.0980. The number of rotatable bonds is 6. The molecule has 1 heterocycles. The lowest BCUT2D eigenvalue weighted by Crippen LogP contribution is -2.29. The first-order valence-corrected chi connectivity index (χ1v) is 7.21. The number of aromatic amines is 1. The van der Waals surface area contributed by atoms with Gasteiger partial charge in [0.1, 0.15) is 5.69 Å². The number of benzene rings is 1. The molecular formula is C15H13F3N4O4. The van der Waals surface area contributed by atoms with Crippen LogP contribution in [-0.4, -0.2) is 28.3 Å². The van der Waals surface area contributed by atoms with Crippen LogP contribution in [0.1, 0.15) is 22.5 Å². The number of halogens is 3. The van der Waals surface area contributed by atoms with E-state index in [0.717, 1.165) is 12.1 Å². The molecule has 0 saturated heterocycles. The number of nitro groups is 1. The summed E-state index contributed by atoms with van der Waals surface area (Å²) < 4.78 is 39.7. The highest BCUT2D eigenvalue weighted by Crippen LogP contribution is 2.36. The Balaban J connectivity index is 2.46. The molecular weight excluding hydrogens is 357 g/mol. The zero-order valence-electron chi connectivity index (χ0n) is 13.1. The molecule has 0 aliphatic carbocycles. The van der Waals surface area contributed by atoms with Crippen LogP contribution in [0.5, 0.6) is 0 Å². The van der Waals surface area contributed by atoms with Crippen LogP contribution in [-0.2, 0) is 11.0 Å². The minimum atomic E-state index is -4.89. The Kier molecular flexibility index (Phi) is 5.29. The van der Waals surface area contributed by atoms with E-state index in [0.29, 0.717) is 0 Å². The molecule has 4 N–H and O–H groups in total. The van der Waals surface area contributed by atoms with Gasteiger partial charge in [0.25, 0.3) is 11.6 Å². The molecule has 1 aromatic heterocycles. The molecule has 0 saturated carbocycles. The van der Waals surface area contributed by atoms with Crippen LogP contribution in [0, 0.1) is 10.1 Å². The Morgan fingerprint density at radius 1 is 1.27 bits per heavy atom. The molecule has 0 bridgehead atoms. The van der Waals surface area contributed by atoms with Gasteiger partial charge in [-0.1, -0.05) is 12.1 Å². The zero-order valence-corrected chi connectivity index (χ0v) is 13.1. The monoisotopic (exact) mass is 370 g/mol. The van der Waals surface area contributed by atoms with Gasteiger partial charge in [-0.3, -0.25) is 19.7 Å². The molecule has 0 fully saturated rings. The van der Waals surface area contributed by atoms with E-state index in [4.69, 9.17) is 5.73 Å². The molecule has 1 aromatic carbocycles. The Bertz CT molecular complexity index is 861. The van der Waals surface area contributed by atoms with Crippen molar-refractivity contribution in [3.63, 3.8) is 0 Å². The summed E-state index contributed by atoms with van der Waals surface area (Å²) >= 11 is 0. The van der Waals surface area contributed by atoms with Gasteiger partial charge < -0.3 is 16.0 Å². The van der Waals surface area contributed by atoms with E-state index in [1.54, 1.807) is 0 Å². The number of para-hydroxylation sites is 1. The number of aromatic nitrogens is 1. The summed E-state index contributed by atoms with van der Waals surface area (Å²) in [7, 11) is 0. The molecule has 2 amide bonds. The summed E-state index contributed by atoms with van der Waals surface area (Å²) in [6.07, 6.45) is -5.13. The number of hydrogen-bond donors (Lipinski definition) is 3. The summed E-state index contributed by atoms with van der Waals surface area (Å²) in [5.74, 6) is -1.81. The maximum Gasteiger partial charge on any atom is 0.432 e. The average molecular weight is 370 g/mol. The lowest BCUT2D eigenvalue weighted by molar-refractivity contribution is -0.384. The molecule has 0 aliphatic rings. The van der Waals surface area contributed by atoms with Gasteiger partial charge in [0, 0.05) is 19.0 Å². The van der Waals surface area contributed by atoms with Gasteiger partial charge in [0.15, 0.2) is 0 Å². The first-order valence-electron chi connectivity index (χ1n) is 7.21. The smallest absolute Gasteiger partial charge is 0.370 e. The maximum absolute atomic E-state index is 13.2. The molecule has 2 aromatic rings. The van der Waals surface area contributed by atoms with Gasteiger partial charge in [0.2, 0.25) is 5.91 Å². The van der Waals surface area contributed by atoms with Crippen molar-refractivity contribution < 1.29 is 27.7 Å². The number of nitrogens with two attached hydrogens (primary N) is 1. The molecule has 26 heavy (non-hydrogen) atoms. The van der Waals surface area contributed by atoms with Crippen molar-refractivity contribution in [2.45, 2.75) is 12.6 Å². The van der Waals surface area contributed by atoms with Crippen LogP contribution in [0.25, 0.3) is 11.3 Å². The molecule has 0 atom stereocenters. The van der Waals surface area contributed by atoms with Crippen LogP contribution in [0.15, 0.2) is 30.3 Å². The van der Waals surface area contributed by atoms with E-state index < -0.39 is 39.9 Å². The van der Waals surface area contributed by atoms with Gasteiger partial charge in [-0.15, -0.1) is 0 Å². The normalized spacial score (nSPS) is 11.2. The lowest BCUT2D eigenvalue weighted by Gasteiger charge is -2.08. The van der Waals surface area contributed by atoms with E-state index in [9.17, 15) is 32.9 Å². The predicted molar refractivity (Wildman–Crippen MR) is 84.0 cm³/mol. The summed E-state index contributed by atoms with van der Waals surface area (Å²) in [5, 5.41) is 13.2. The van der Waals surface area contributed by atoms with Gasteiger partial charge in [0.05, 0.1) is 21.7 Å². The number of hydrogen-bond acceptors (Lipinski definition) is 4. The molecule has 11 heteroatoms. The number of carbonyl (C=O) groups excluding carboxylic acids is 2. The Labute approximate surface area is 144 Å². The third-order valence-electron chi connectivity index (χ3n) is 3.39. The number of nitro benzene ring substituents is 1. The van der Waals surface area contributed by atoms with Crippen molar-refractivity contribution in [3.05, 3.63) is 51.7 Å². The first-order chi connectivity index (χ1) is 12.1. The lowest BCUT2D eigenvalue weighted by atomic mass is 10.1. The fourth-order valence-electron chi connectivity index (χ4n) is 2.26. The van der Waals surface area contributed by atoms with Crippen LogP contribution < -0.4 is 11.1 Å². The highest BCUT2D eigenvalue weighted by Gasteiger charge is 2.38. The van der Waals surface area contributed by atoms with Crippen molar-refractivity contribution in [2.24, 2.45) is 5.73 Å². The second-order valence-corrected chi connectivity index (χ2v) is 5.22. The number of H-pyrrole nitrogens is 1. The molecule has 0 aliphatic heterocycles. The van der Waals surface area contributed by atoms with Crippen molar-refractivity contribution in [1.29, 1.82) is 0 Å². The largest absolute Gasteiger partial charge is 0.432 e. The van der Waals surface area contributed by atoms with E-state index >= 15 is 0 Å². The standard InChI is InChI=1S/C15H13F3N4O4/c16-15(17,18)13-9(14(24)20-6-5-12(19)23)7-10(21-13)8-3-1-2-4-11(8)22(25)26/h1-4,7,21H,5-6H2,(H2,19,23)(H,20,24). The van der Waals surface area contributed by atoms with Crippen molar-refractivity contribution in [3.8, 4) is 11.3 Å². The first kappa shape index (κ1) is 19.0. The second-order valence-electron chi connectivity index (χ2n) is 5.22. The zero-order chi connectivity index (χ0) is 19.5. The molecule has 0 spiro atoms. The third-order valence-corrected chi connectivity index (χ3v) is 3.39. The van der Waals surface area contributed by atoms with Gasteiger partial charge in [-0.2, -0.15) is 13.2 Å². The van der Waals surface area contributed by atoms with Crippen molar-refractivity contribution in [2.75, 3.05) is 6.54 Å². The summed E-state index contributed by atoms with van der Waals surface area (Å²) in [6, 6.07) is 6.06. The topological polar surface area (TPSA) is 131 Å². The Morgan fingerprint density at radius 2 is 1.92 bits per heavy atom. The van der Waals surface area contributed by atoms with Crippen LogP contribution in [0.4, 0.5) is 18.9 Å². The Morgan fingerprint density at radius 3 is 2.50 bits per heavy atom. The summed E-state index contributed by atoms with van der Waals surface area (Å²) in [6.45, 7) is -0.239. The molecule has 138 valence electrons. The van der Waals surface area contributed by atoms with Gasteiger partial charge >= 0.3 is 6.18 Å². The maximum atomic E-state index is 13.2. The van der Waals surface area contributed by atoms with E-state index in [1.807, 2.05) is 4.98 Å². The summed E-state index contributed by atoms with van der Waals surface area (Å²) in [4.78, 5) is 35.1.